The first kappa shape index (κ1) is 19.5. The highest BCUT2D eigenvalue weighted by atomic mass is 79.9. The number of nitriles is 1. The van der Waals surface area contributed by atoms with Gasteiger partial charge in [-0.15, -0.1) is 5.10 Å². The van der Waals surface area contributed by atoms with Crippen LogP contribution in [-0.2, 0) is 6.18 Å². The van der Waals surface area contributed by atoms with Gasteiger partial charge in [0.05, 0.1) is 29.1 Å². The van der Waals surface area contributed by atoms with Crippen molar-refractivity contribution in [1.29, 1.82) is 5.26 Å². The summed E-state index contributed by atoms with van der Waals surface area (Å²) in [5.41, 5.74) is -0.777. The van der Waals surface area contributed by atoms with E-state index < -0.39 is 23.4 Å². The Balaban J connectivity index is 1.97. The van der Waals surface area contributed by atoms with Crippen molar-refractivity contribution >= 4 is 31.9 Å². The molecule has 3 aromatic rings. The molecule has 1 unspecified atom stereocenters. The van der Waals surface area contributed by atoms with E-state index in [0.29, 0.717) is 5.56 Å². The molecule has 0 saturated heterocycles. The molecule has 0 fully saturated rings. The first-order valence-electron chi connectivity index (χ1n) is 7.37. The lowest BCUT2D eigenvalue weighted by molar-refractivity contribution is -0.137. The van der Waals surface area contributed by atoms with Crippen molar-refractivity contribution in [2.45, 2.75) is 12.3 Å². The maximum absolute atomic E-state index is 13.1. The Kier molecular flexibility index (Phi) is 5.37. The Hall–Kier alpha value is -2.22. The van der Waals surface area contributed by atoms with Crippen LogP contribution in [-0.4, -0.2) is 20.1 Å². The lowest BCUT2D eigenvalue weighted by Gasteiger charge is -2.10. The van der Waals surface area contributed by atoms with Crippen LogP contribution in [0.4, 0.5) is 13.2 Å². The summed E-state index contributed by atoms with van der Waals surface area (Å²) in [5, 5.41) is 27.0. The van der Waals surface area contributed by atoms with Gasteiger partial charge in [0.25, 0.3) is 0 Å². The third-order valence-electron chi connectivity index (χ3n) is 3.69. The molecule has 0 aliphatic carbocycles. The first-order valence-corrected chi connectivity index (χ1v) is 8.95. The van der Waals surface area contributed by atoms with Crippen molar-refractivity contribution in [3.8, 4) is 11.8 Å². The van der Waals surface area contributed by atoms with E-state index in [4.69, 9.17) is 5.26 Å². The van der Waals surface area contributed by atoms with E-state index in [1.165, 1.54) is 18.3 Å². The number of benzene rings is 2. The van der Waals surface area contributed by atoms with Crippen molar-refractivity contribution in [3.63, 3.8) is 0 Å². The van der Waals surface area contributed by atoms with Crippen LogP contribution in [0.15, 0.2) is 51.5 Å². The van der Waals surface area contributed by atoms with Crippen molar-refractivity contribution < 1.29 is 18.3 Å². The number of aliphatic hydroxyl groups excluding tert-OH is 1. The highest BCUT2D eigenvalue weighted by molar-refractivity contribution is 9.11. The Labute approximate surface area is 168 Å². The normalized spacial score (nSPS) is 12.6. The zero-order valence-electron chi connectivity index (χ0n) is 13.2. The van der Waals surface area contributed by atoms with E-state index in [1.807, 2.05) is 0 Å². The SMILES string of the molecule is N#Cc1ccc(-n2cc(C(O)c3cc(Br)cc(Br)c3)nn2)cc1C(F)(F)F. The van der Waals surface area contributed by atoms with E-state index in [0.717, 1.165) is 25.8 Å². The molecular weight excluding hydrogens is 493 g/mol. The van der Waals surface area contributed by atoms with Crippen molar-refractivity contribution in [2.24, 2.45) is 0 Å². The topological polar surface area (TPSA) is 74.7 Å². The minimum absolute atomic E-state index is 0.0719. The standard InChI is InChI=1S/C17H9Br2F3N4O/c18-11-3-10(4-12(19)5-11)16(27)15-8-26(25-24-15)13-2-1-9(7-23)14(6-13)17(20,21)22/h1-6,8,16,27H. The van der Waals surface area contributed by atoms with Crippen LogP contribution in [0.2, 0.25) is 0 Å². The van der Waals surface area contributed by atoms with Gasteiger partial charge >= 0.3 is 6.18 Å². The minimum atomic E-state index is -4.67. The van der Waals surface area contributed by atoms with Gasteiger partial charge in [0.2, 0.25) is 0 Å². The summed E-state index contributed by atoms with van der Waals surface area (Å²) in [4.78, 5) is 0. The molecule has 3 rings (SSSR count). The van der Waals surface area contributed by atoms with Crippen LogP contribution < -0.4 is 0 Å². The molecular formula is C17H9Br2F3N4O. The number of halogens is 5. The monoisotopic (exact) mass is 500 g/mol. The molecule has 0 saturated carbocycles. The summed E-state index contributed by atoms with van der Waals surface area (Å²) in [7, 11) is 0. The fourth-order valence-corrected chi connectivity index (χ4v) is 3.77. The van der Waals surface area contributed by atoms with E-state index in [2.05, 4.69) is 42.2 Å². The minimum Gasteiger partial charge on any atom is -0.382 e. The van der Waals surface area contributed by atoms with Crippen molar-refractivity contribution in [2.75, 3.05) is 0 Å². The predicted octanol–water partition coefficient (Wildman–Crippen LogP) is 4.76. The second-order valence-electron chi connectivity index (χ2n) is 5.53. The van der Waals surface area contributed by atoms with Crippen LogP contribution >= 0.6 is 31.9 Å². The molecule has 1 atom stereocenters. The third-order valence-corrected chi connectivity index (χ3v) is 4.60. The third kappa shape index (κ3) is 4.21. The summed E-state index contributed by atoms with van der Waals surface area (Å²) in [6, 6.07) is 9.92. The summed E-state index contributed by atoms with van der Waals surface area (Å²) in [5.74, 6) is 0. The number of nitrogens with zero attached hydrogens (tertiary/aromatic N) is 4. The molecule has 2 aromatic carbocycles. The summed E-state index contributed by atoms with van der Waals surface area (Å²) in [6.45, 7) is 0. The molecule has 0 amide bonds. The molecule has 1 N–H and O–H groups in total. The molecule has 0 aliphatic rings. The van der Waals surface area contributed by atoms with Gasteiger partial charge in [-0.25, -0.2) is 4.68 Å². The quantitative estimate of drug-likeness (QED) is 0.561. The predicted molar refractivity (Wildman–Crippen MR) is 97.0 cm³/mol. The molecule has 0 spiro atoms. The van der Waals surface area contributed by atoms with E-state index in [-0.39, 0.29) is 11.4 Å². The van der Waals surface area contributed by atoms with E-state index in [9.17, 15) is 18.3 Å². The first-order chi connectivity index (χ1) is 12.7. The second-order valence-corrected chi connectivity index (χ2v) is 7.36. The largest absolute Gasteiger partial charge is 0.417 e. The number of rotatable bonds is 3. The maximum atomic E-state index is 13.1. The Morgan fingerprint density at radius 2 is 1.78 bits per heavy atom. The van der Waals surface area contributed by atoms with E-state index >= 15 is 0 Å². The number of hydrogen-bond acceptors (Lipinski definition) is 4. The lowest BCUT2D eigenvalue weighted by atomic mass is 10.1. The molecule has 1 heterocycles. The van der Waals surface area contributed by atoms with Gasteiger partial charge < -0.3 is 5.11 Å². The second kappa shape index (κ2) is 7.42. The fourth-order valence-electron chi connectivity index (χ4n) is 2.44. The van der Waals surface area contributed by atoms with E-state index in [1.54, 1.807) is 18.2 Å². The summed E-state index contributed by atoms with van der Waals surface area (Å²) in [6.07, 6.45) is -4.46. The highest BCUT2D eigenvalue weighted by Crippen LogP contribution is 2.33. The average molecular weight is 502 g/mol. The molecule has 10 heteroatoms. The zero-order chi connectivity index (χ0) is 19.8. The Morgan fingerprint density at radius 3 is 2.37 bits per heavy atom. The van der Waals surface area contributed by atoms with Gasteiger partial charge in [-0.1, -0.05) is 37.1 Å². The number of alkyl halides is 3. The lowest BCUT2D eigenvalue weighted by Crippen LogP contribution is -2.09. The average Bonchev–Trinajstić information content (AvgIpc) is 3.09. The fraction of sp³-hybridized carbons (Fsp3) is 0.118. The van der Waals surface area contributed by atoms with Gasteiger partial charge in [-0.2, -0.15) is 18.4 Å². The molecule has 138 valence electrons. The van der Waals surface area contributed by atoms with Gasteiger partial charge in [-0.05, 0) is 42.0 Å². The van der Waals surface area contributed by atoms with Crippen molar-refractivity contribution in [3.05, 3.63) is 73.9 Å². The van der Waals surface area contributed by atoms with Crippen LogP contribution in [0.25, 0.3) is 5.69 Å². The summed E-state index contributed by atoms with van der Waals surface area (Å²) >= 11 is 6.64. The molecule has 27 heavy (non-hydrogen) atoms. The van der Waals surface area contributed by atoms with Crippen molar-refractivity contribution in [1.82, 2.24) is 15.0 Å². The maximum Gasteiger partial charge on any atom is 0.417 e. The number of aromatic nitrogens is 3. The van der Waals surface area contributed by atoms with Gasteiger partial charge in [0.15, 0.2) is 0 Å². The van der Waals surface area contributed by atoms with Crippen LogP contribution in [0.1, 0.15) is 28.5 Å². The highest BCUT2D eigenvalue weighted by Gasteiger charge is 2.34. The number of aliphatic hydroxyl groups is 1. The van der Waals surface area contributed by atoms with Gasteiger partial charge in [0, 0.05) is 8.95 Å². The Morgan fingerprint density at radius 1 is 1.11 bits per heavy atom. The molecule has 1 aromatic heterocycles. The van der Waals surface area contributed by atoms with Gasteiger partial charge in [0.1, 0.15) is 11.8 Å². The zero-order valence-corrected chi connectivity index (χ0v) is 16.4. The van der Waals surface area contributed by atoms with Crippen LogP contribution in [0.3, 0.4) is 0 Å². The molecule has 0 bridgehead atoms. The smallest absolute Gasteiger partial charge is 0.382 e. The van der Waals surface area contributed by atoms with Crippen LogP contribution in [0.5, 0.6) is 0 Å². The Bertz CT molecular complexity index is 1020. The molecule has 5 nitrogen and oxygen atoms in total. The van der Waals surface area contributed by atoms with Gasteiger partial charge in [-0.3, -0.25) is 0 Å². The molecule has 0 aliphatic heterocycles. The van der Waals surface area contributed by atoms with Crippen LogP contribution in [0, 0.1) is 11.3 Å². The summed E-state index contributed by atoms with van der Waals surface area (Å²) < 4.78 is 41.9. The molecule has 0 radical (unpaired) electrons. The number of hydrogen-bond donors (Lipinski definition) is 1.